The molecule has 3 fully saturated rings. The van der Waals surface area contributed by atoms with Crippen molar-refractivity contribution in [1.29, 1.82) is 0 Å². The third-order valence-corrected chi connectivity index (χ3v) is 13.6. The average Bonchev–Trinajstić information content (AvgIpc) is 3.83. The van der Waals surface area contributed by atoms with Crippen LogP contribution in [-0.2, 0) is 14.4 Å². The smallest absolute Gasteiger partial charge is 0.305 e. The predicted molar refractivity (Wildman–Crippen MR) is 192 cm³/mol. The van der Waals surface area contributed by atoms with Crippen LogP contribution in [0.15, 0.2) is 94.7 Å². The first kappa shape index (κ1) is 30.9. The first-order valence-corrected chi connectivity index (χ1v) is 18.4. The zero-order valence-electron chi connectivity index (χ0n) is 25.6. The lowest BCUT2D eigenvalue weighted by atomic mass is 9.68. The van der Waals surface area contributed by atoms with Crippen molar-refractivity contribution in [1.82, 2.24) is 4.98 Å². The summed E-state index contributed by atoms with van der Waals surface area (Å²) in [5, 5.41) is 6.69. The zero-order chi connectivity index (χ0) is 33.6. The van der Waals surface area contributed by atoms with Crippen LogP contribution in [0.3, 0.4) is 0 Å². The molecule has 1 aromatic heterocycles. The molecule has 9 rings (SSSR count). The summed E-state index contributed by atoms with van der Waals surface area (Å²) in [7, 11) is 0. The average molecular weight is 729 g/mol. The molecule has 2 saturated carbocycles. The Bertz CT molecular complexity index is 2250. The molecular formula is C37H27Cl2N3O5S2. The number of rotatable bonds is 6. The Morgan fingerprint density at radius 1 is 0.898 bits per heavy atom. The molecule has 3 amide bonds. The fraction of sp³-hybridized carbons (Fsp3) is 0.243. The van der Waals surface area contributed by atoms with Crippen molar-refractivity contribution < 1.29 is 19.1 Å². The molecule has 4 aliphatic rings. The van der Waals surface area contributed by atoms with Crippen molar-refractivity contribution in [3.63, 3.8) is 0 Å². The van der Waals surface area contributed by atoms with Crippen molar-refractivity contribution in [2.75, 3.05) is 16.8 Å². The van der Waals surface area contributed by atoms with Crippen LogP contribution in [0.5, 0.6) is 5.75 Å². The number of benzene rings is 4. The van der Waals surface area contributed by atoms with E-state index in [2.05, 4.69) is 10.3 Å². The van der Waals surface area contributed by atoms with Gasteiger partial charge in [0, 0.05) is 42.7 Å². The number of halogens is 2. The number of anilines is 2. The van der Waals surface area contributed by atoms with Crippen molar-refractivity contribution >= 4 is 86.2 Å². The molecule has 49 heavy (non-hydrogen) atoms. The van der Waals surface area contributed by atoms with E-state index in [0.717, 1.165) is 44.0 Å². The van der Waals surface area contributed by atoms with E-state index in [1.165, 1.54) is 4.90 Å². The number of thiazole rings is 1. The van der Waals surface area contributed by atoms with E-state index in [1.54, 1.807) is 48.2 Å². The number of H-pyrrole nitrogens is 1. The van der Waals surface area contributed by atoms with Crippen LogP contribution < -0.4 is 19.8 Å². The number of ether oxygens (including phenoxy) is 1. The van der Waals surface area contributed by atoms with Crippen LogP contribution in [0.4, 0.5) is 11.4 Å². The van der Waals surface area contributed by atoms with Crippen LogP contribution >= 0.6 is 46.3 Å². The molecule has 6 unspecified atom stereocenters. The highest BCUT2D eigenvalue weighted by Crippen LogP contribution is 2.69. The van der Waals surface area contributed by atoms with Gasteiger partial charge in [-0.2, -0.15) is 0 Å². The molecule has 2 aliphatic heterocycles. The lowest BCUT2D eigenvalue weighted by Gasteiger charge is -2.43. The van der Waals surface area contributed by atoms with Crippen molar-refractivity contribution in [2.24, 2.45) is 29.6 Å². The van der Waals surface area contributed by atoms with E-state index >= 15 is 0 Å². The molecule has 1 saturated heterocycles. The lowest BCUT2D eigenvalue weighted by molar-refractivity contribution is -0.123. The number of carbonyl (C=O) groups is 3. The summed E-state index contributed by atoms with van der Waals surface area (Å²) in [4.78, 5) is 59.1. The molecular weight excluding hydrogens is 701 g/mol. The van der Waals surface area contributed by atoms with Crippen molar-refractivity contribution in [2.45, 2.75) is 22.6 Å². The highest BCUT2D eigenvalue weighted by atomic mass is 35.5. The topological polar surface area (TPSA) is 109 Å². The second kappa shape index (κ2) is 11.8. The number of hydrogen-bond donors (Lipinski definition) is 2. The summed E-state index contributed by atoms with van der Waals surface area (Å²) in [5.74, 6) is -1.64. The maximum atomic E-state index is 14.1. The van der Waals surface area contributed by atoms with Crippen molar-refractivity contribution in [3.05, 3.63) is 115 Å². The number of aromatic amines is 1. The van der Waals surface area contributed by atoms with Gasteiger partial charge in [0.05, 0.1) is 22.5 Å². The van der Waals surface area contributed by atoms with Crippen LogP contribution in [-0.4, -0.2) is 34.6 Å². The quantitative estimate of drug-likeness (QED) is 0.175. The minimum absolute atomic E-state index is 0.0163. The summed E-state index contributed by atoms with van der Waals surface area (Å²) in [5.41, 5.74) is 1.97. The SMILES string of the molecule is O=C(COc1ccc(Cl)cc1[C@H]1c2sc(=O)[nH]c2SC2C3CC(C4C(=O)N(c5ccc(Cl)cc5)C(=O)C34)C21)Nc1cccc2ccccc12. The first-order valence-electron chi connectivity index (χ1n) is 16.0. The number of carbonyl (C=O) groups excluding carboxylic acids is 3. The normalized spacial score (nSPS) is 26.5. The third kappa shape index (κ3) is 4.94. The number of hydrogen-bond acceptors (Lipinski definition) is 7. The Morgan fingerprint density at radius 2 is 1.63 bits per heavy atom. The Labute approximate surface area is 298 Å². The molecule has 2 aliphatic carbocycles. The molecule has 3 heterocycles. The van der Waals surface area contributed by atoms with E-state index in [-0.39, 0.29) is 58.1 Å². The lowest BCUT2D eigenvalue weighted by Crippen LogP contribution is -2.42. The molecule has 4 aromatic carbocycles. The van der Waals surface area contributed by atoms with Gasteiger partial charge in [-0.3, -0.25) is 24.1 Å². The number of imide groups is 1. The van der Waals surface area contributed by atoms with Crippen LogP contribution in [0.1, 0.15) is 22.8 Å². The fourth-order valence-corrected chi connectivity index (χ4v) is 12.0. The summed E-state index contributed by atoms with van der Waals surface area (Å²) < 4.78 is 6.25. The number of thioether (sulfide) groups is 1. The van der Waals surface area contributed by atoms with Gasteiger partial charge in [0.15, 0.2) is 6.61 Å². The third-order valence-electron chi connectivity index (χ3n) is 10.5. The molecule has 2 N–H and O–H groups in total. The van der Waals surface area contributed by atoms with Crippen LogP contribution in [0, 0.1) is 29.6 Å². The molecule has 0 radical (unpaired) electrons. The fourth-order valence-electron chi connectivity index (χ4n) is 8.77. The Hall–Kier alpha value is -4.09. The van der Waals surface area contributed by atoms with E-state index in [0.29, 0.717) is 27.2 Å². The van der Waals surface area contributed by atoms with Gasteiger partial charge in [0.1, 0.15) is 5.75 Å². The van der Waals surface area contributed by atoms with Gasteiger partial charge in [-0.05, 0) is 78.1 Å². The van der Waals surface area contributed by atoms with Gasteiger partial charge in [-0.15, -0.1) is 11.8 Å². The van der Waals surface area contributed by atoms with Crippen LogP contribution in [0.2, 0.25) is 10.0 Å². The molecule has 5 aromatic rings. The van der Waals surface area contributed by atoms with Gasteiger partial charge >= 0.3 is 4.87 Å². The molecule has 2 bridgehead atoms. The monoisotopic (exact) mass is 727 g/mol. The highest BCUT2D eigenvalue weighted by Gasteiger charge is 2.69. The second-order valence-electron chi connectivity index (χ2n) is 13.0. The molecule has 0 spiro atoms. The van der Waals surface area contributed by atoms with E-state index in [4.69, 9.17) is 27.9 Å². The van der Waals surface area contributed by atoms with E-state index < -0.39 is 11.8 Å². The number of amides is 3. The van der Waals surface area contributed by atoms with Gasteiger partial charge in [-0.25, -0.2) is 0 Å². The maximum Gasteiger partial charge on any atom is 0.305 e. The van der Waals surface area contributed by atoms with Gasteiger partial charge in [-0.1, -0.05) is 70.9 Å². The Balaban J connectivity index is 1.05. The maximum absolute atomic E-state index is 14.1. The largest absolute Gasteiger partial charge is 0.483 e. The highest BCUT2D eigenvalue weighted by molar-refractivity contribution is 8.00. The number of fused-ring (bicyclic) bond motifs is 10. The minimum atomic E-state index is -0.468. The Morgan fingerprint density at radius 3 is 2.45 bits per heavy atom. The summed E-state index contributed by atoms with van der Waals surface area (Å²) in [6.07, 6.45) is 0.740. The number of nitrogens with one attached hydrogen (secondary N) is 2. The molecule has 12 heteroatoms. The van der Waals surface area contributed by atoms with Crippen LogP contribution in [0.25, 0.3) is 10.8 Å². The summed E-state index contributed by atoms with van der Waals surface area (Å²) in [6.45, 7) is -0.247. The van der Waals surface area contributed by atoms with E-state index in [1.807, 2.05) is 48.5 Å². The van der Waals surface area contributed by atoms with E-state index in [9.17, 15) is 19.2 Å². The van der Waals surface area contributed by atoms with Gasteiger partial charge in [0.25, 0.3) is 5.91 Å². The molecule has 246 valence electrons. The predicted octanol–water partition coefficient (Wildman–Crippen LogP) is 7.59. The van der Waals surface area contributed by atoms with Crippen molar-refractivity contribution in [3.8, 4) is 5.75 Å². The Kier molecular flexibility index (Phi) is 7.42. The minimum Gasteiger partial charge on any atom is -0.483 e. The summed E-state index contributed by atoms with van der Waals surface area (Å²) >= 11 is 15.5. The number of nitrogens with zero attached hydrogens (tertiary/aromatic N) is 1. The zero-order valence-corrected chi connectivity index (χ0v) is 28.7. The number of aromatic nitrogens is 1. The van der Waals surface area contributed by atoms with Gasteiger partial charge in [0.2, 0.25) is 11.8 Å². The van der Waals surface area contributed by atoms with Gasteiger partial charge < -0.3 is 15.0 Å². The standard InChI is InChI=1S/C37H27Cl2N3O5S2/c38-18-8-11-20(12-9-18)42-35(44)30-23-15-24(31(30)36(42)45)32-29(23)28(33-34(48-32)41-37(46)49-33)22-14-19(39)10-13-26(22)47-16-27(43)40-25-7-3-5-17-4-1-2-6-21(17)25/h1-14,23-24,28-32H,15-16H2,(H,40,43)(H,41,46)/t23?,24?,28-,29?,30?,31?,32?/m1/s1. The second-order valence-corrected chi connectivity index (χ2v) is 16.1. The molecule has 8 nitrogen and oxygen atoms in total. The first-order chi connectivity index (χ1) is 23.8. The molecule has 7 atom stereocenters. The summed E-state index contributed by atoms with van der Waals surface area (Å²) in [6, 6.07) is 25.7.